The van der Waals surface area contributed by atoms with Gasteiger partial charge in [0.25, 0.3) is 5.91 Å². The minimum absolute atomic E-state index is 0.205. The normalized spacial score (nSPS) is 16.4. The van der Waals surface area contributed by atoms with Crippen molar-refractivity contribution >= 4 is 34.8 Å². The van der Waals surface area contributed by atoms with E-state index in [2.05, 4.69) is 15.2 Å². The number of halogens is 1. The standard InChI is InChI=1S/C20H28ClN5O2/c1-20(2,3)16(27)12-25-7-4-13(5-8-25)11-24-19(28)14-10-15(21)17(22)26-9-6-23-18(14)26/h6,9-10,13H,4-5,7-8,11-12,22H2,1-3H3,(H,24,28). The first kappa shape index (κ1) is 20.6. The first-order chi connectivity index (χ1) is 13.2. The lowest BCUT2D eigenvalue weighted by atomic mass is 9.89. The van der Waals surface area contributed by atoms with Crippen molar-refractivity contribution in [3.8, 4) is 0 Å². The number of carbonyl (C=O) groups excluding carboxylic acids is 2. The predicted molar refractivity (Wildman–Crippen MR) is 111 cm³/mol. The highest BCUT2D eigenvalue weighted by Gasteiger charge is 2.26. The van der Waals surface area contributed by atoms with E-state index in [0.29, 0.717) is 41.1 Å². The Morgan fingerprint density at radius 1 is 1.32 bits per heavy atom. The number of fused-ring (bicyclic) bond motifs is 1. The minimum Gasteiger partial charge on any atom is -0.384 e. The van der Waals surface area contributed by atoms with Gasteiger partial charge in [-0.25, -0.2) is 4.98 Å². The van der Waals surface area contributed by atoms with Gasteiger partial charge in [-0.2, -0.15) is 0 Å². The quantitative estimate of drug-likeness (QED) is 0.797. The molecule has 0 aromatic carbocycles. The van der Waals surface area contributed by atoms with Crippen LogP contribution < -0.4 is 11.1 Å². The Bertz CT molecular complexity index is 879. The molecule has 1 amide bonds. The monoisotopic (exact) mass is 405 g/mol. The molecular formula is C20H28ClN5O2. The number of likely N-dealkylation sites (tertiary alicyclic amines) is 1. The van der Waals surface area contributed by atoms with Crippen LogP contribution in [0.15, 0.2) is 18.5 Å². The Balaban J connectivity index is 1.54. The summed E-state index contributed by atoms with van der Waals surface area (Å²) in [5, 5.41) is 3.33. The molecule has 0 atom stereocenters. The molecule has 1 aliphatic heterocycles. The average Bonchev–Trinajstić information content (AvgIpc) is 3.13. The van der Waals surface area contributed by atoms with E-state index in [4.69, 9.17) is 17.3 Å². The molecule has 0 saturated carbocycles. The van der Waals surface area contributed by atoms with Crippen molar-refractivity contribution in [1.29, 1.82) is 0 Å². The van der Waals surface area contributed by atoms with Crippen molar-refractivity contribution in [3.63, 3.8) is 0 Å². The lowest BCUT2D eigenvalue weighted by Crippen LogP contribution is -2.42. The summed E-state index contributed by atoms with van der Waals surface area (Å²) < 4.78 is 1.61. The first-order valence-corrected chi connectivity index (χ1v) is 9.99. The van der Waals surface area contributed by atoms with Gasteiger partial charge < -0.3 is 11.1 Å². The third-order valence-corrected chi connectivity index (χ3v) is 5.67. The van der Waals surface area contributed by atoms with E-state index in [0.717, 1.165) is 25.9 Å². The molecular weight excluding hydrogens is 378 g/mol. The van der Waals surface area contributed by atoms with E-state index >= 15 is 0 Å². The van der Waals surface area contributed by atoms with Crippen LogP contribution in [0.3, 0.4) is 0 Å². The van der Waals surface area contributed by atoms with Gasteiger partial charge in [-0.05, 0) is 37.9 Å². The van der Waals surface area contributed by atoms with Gasteiger partial charge in [0.2, 0.25) is 0 Å². The summed E-state index contributed by atoms with van der Waals surface area (Å²) in [6, 6.07) is 1.56. The van der Waals surface area contributed by atoms with Crippen LogP contribution in [-0.2, 0) is 4.79 Å². The summed E-state index contributed by atoms with van der Waals surface area (Å²) in [6.45, 7) is 8.72. The van der Waals surface area contributed by atoms with Crippen LogP contribution in [-0.4, -0.2) is 52.2 Å². The lowest BCUT2D eigenvalue weighted by Gasteiger charge is -2.33. The van der Waals surface area contributed by atoms with E-state index in [-0.39, 0.29) is 17.1 Å². The fourth-order valence-corrected chi connectivity index (χ4v) is 3.57. The van der Waals surface area contributed by atoms with Crippen molar-refractivity contribution < 1.29 is 9.59 Å². The number of nitrogens with two attached hydrogens (primary N) is 1. The summed E-state index contributed by atoms with van der Waals surface area (Å²) in [5.41, 5.74) is 6.53. The number of rotatable bonds is 5. The molecule has 2 aromatic heterocycles. The van der Waals surface area contributed by atoms with Gasteiger partial charge in [0.15, 0.2) is 11.4 Å². The molecule has 1 saturated heterocycles. The number of imidazole rings is 1. The molecule has 1 aliphatic rings. The summed E-state index contributed by atoms with van der Waals surface area (Å²) in [7, 11) is 0. The smallest absolute Gasteiger partial charge is 0.255 e. The molecule has 0 spiro atoms. The van der Waals surface area contributed by atoms with Gasteiger partial charge >= 0.3 is 0 Å². The zero-order chi connectivity index (χ0) is 20.5. The molecule has 0 bridgehead atoms. The Morgan fingerprint density at radius 2 is 2.00 bits per heavy atom. The number of Topliss-reactive ketones (excluding diaryl/α,β-unsaturated/α-hetero) is 1. The van der Waals surface area contributed by atoms with Crippen molar-refractivity contribution in [2.75, 3.05) is 31.9 Å². The Hall–Kier alpha value is -2.12. The Kier molecular flexibility index (Phi) is 5.95. The van der Waals surface area contributed by atoms with Gasteiger partial charge in [0.1, 0.15) is 5.82 Å². The van der Waals surface area contributed by atoms with Crippen LogP contribution in [0.4, 0.5) is 5.82 Å². The maximum Gasteiger partial charge on any atom is 0.255 e. The molecule has 0 unspecified atom stereocenters. The molecule has 3 rings (SSSR count). The van der Waals surface area contributed by atoms with E-state index in [1.54, 1.807) is 22.9 Å². The molecule has 3 N–H and O–H groups in total. The van der Waals surface area contributed by atoms with Gasteiger partial charge in [-0.1, -0.05) is 32.4 Å². The van der Waals surface area contributed by atoms with Crippen LogP contribution in [0.25, 0.3) is 5.65 Å². The molecule has 0 radical (unpaired) electrons. The average molecular weight is 406 g/mol. The third kappa shape index (κ3) is 4.47. The number of carbonyl (C=O) groups is 2. The van der Waals surface area contributed by atoms with Crippen molar-refractivity contribution in [3.05, 3.63) is 29.0 Å². The number of hydrogen-bond acceptors (Lipinski definition) is 5. The number of nitrogens with zero attached hydrogens (tertiary/aromatic N) is 3. The fourth-order valence-electron chi connectivity index (χ4n) is 3.37. The molecule has 8 heteroatoms. The number of nitrogens with one attached hydrogen (secondary N) is 1. The van der Waals surface area contributed by atoms with Crippen LogP contribution in [0.1, 0.15) is 44.0 Å². The minimum atomic E-state index is -0.302. The molecule has 1 fully saturated rings. The molecule has 2 aromatic rings. The van der Waals surface area contributed by atoms with Crippen LogP contribution in [0.2, 0.25) is 5.02 Å². The Labute approximate surface area is 170 Å². The maximum absolute atomic E-state index is 12.7. The van der Waals surface area contributed by atoms with Crippen LogP contribution >= 0.6 is 11.6 Å². The number of anilines is 1. The zero-order valence-corrected chi connectivity index (χ0v) is 17.4. The summed E-state index contributed by atoms with van der Waals surface area (Å²) in [4.78, 5) is 31.3. The van der Waals surface area contributed by atoms with Gasteiger partial charge in [-0.15, -0.1) is 0 Å². The zero-order valence-electron chi connectivity index (χ0n) is 16.7. The number of amides is 1. The first-order valence-electron chi connectivity index (χ1n) is 9.61. The van der Waals surface area contributed by atoms with E-state index in [1.807, 2.05) is 20.8 Å². The van der Waals surface area contributed by atoms with Crippen LogP contribution in [0, 0.1) is 11.3 Å². The second-order valence-electron chi connectivity index (χ2n) is 8.51. The number of hydrogen-bond donors (Lipinski definition) is 2. The number of nitrogen functional groups attached to an aromatic ring is 1. The van der Waals surface area contributed by atoms with E-state index < -0.39 is 0 Å². The second-order valence-corrected chi connectivity index (χ2v) is 8.92. The van der Waals surface area contributed by atoms with E-state index in [9.17, 15) is 9.59 Å². The summed E-state index contributed by atoms with van der Waals surface area (Å²) in [5.74, 6) is 0.819. The largest absolute Gasteiger partial charge is 0.384 e. The topological polar surface area (TPSA) is 92.7 Å². The molecule has 0 aliphatic carbocycles. The number of ketones is 1. The summed E-state index contributed by atoms with van der Waals surface area (Å²) in [6.07, 6.45) is 5.19. The Morgan fingerprint density at radius 3 is 2.64 bits per heavy atom. The molecule has 3 heterocycles. The van der Waals surface area contributed by atoms with Crippen LogP contribution in [0.5, 0.6) is 0 Å². The van der Waals surface area contributed by atoms with Crippen molar-refractivity contribution in [2.45, 2.75) is 33.6 Å². The lowest BCUT2D eigenvalue weighted by molar-refractivity contribution is -0.127. The molecule has 152 valence electrons. The van der Waals surface area contributed by atoms with Gasteiger partial charge in [0.05, 0.1) is 17.1 Å². The van der Waals surface area contributed by atoms with Gasteiger partial charge in [0, 0.05) is 24.4 Å². The van der Waals surface area contributed by atoms with Crippen molar-refractivity contribution in [1.82, 2.24) is 19.6 Å². The highest BCUT2D eigenvalue weighted by Crippen LogP contribution is 2.24. The number of aromatic nitrogens is 2. The van der Waals surface area contributed by atoms with Crippen molar-refractivity contribution in [2.24, 2.45) is 11.3 Å². The summed E-state index contributed by atoms with van der Waals surface area (Å²) >= 11 is 6.15. The molecule has 7 nitrogen and oxygen atoms in total. The van der Waals surface area contributed by atoms with Gasteiger partial charge in [-0.3, -0.25) is 18.9 Å². The number of piperidine rings is 1. The second kappa shape index (κ2) is 8.09. The fraction of sp³-hybridized carbons (Fsp3) is 0.550. The highest BCUT2D eigenvalue weighted by molar-refractivity contribution is 6.33. The predicted octanol–water partition coefficient (Wildman–Crippen LogP) is 2.63. The SMILES string of the molecule is CC(C)(C)C(=O)CN1CCC(CNC(=O)c2cc(Cl)c(N)n3ccnc23)CC1. The highest BCUT2D eigenvalue weighted by atomic mass is 35.5. The maximum atomic E-state index is 12.7. The van der Waals surface area contributed by atoms with E-state index in [1.165, 1.54) is 0 Å². The number of pyridine rings is 1. The molecule has 28 heavy (non-hydrogen) atoms. The third-order valence-electron chi connectivity index (χ3n) is 5.36.